The molecule has 106 valence electrons. The van der Waals surface area contributed by atoms with Gasteiger partial charge in [0.1, 0.15) is 0 Å². The lowest BCUT2D eigenvalue weighted by atomic mass is 9.68. The summed E-state index contributed by atoms with van der Waals surface area (Å²) >= 11 is 1.70. The van der Waals surface area contributed by atoms with Crippen LogP contribution in [0.1, 0.15) is 51.8 Å². The van der Waals surface area contributed by atoms with Gasteiger partial charge < -0.3 is 9.15 Å². The third-order valence-electron chi connectivity index (χ3n) is 4.51. The average molecular weight is 282 g/mol. The van der Waals surface area contributed by atoms with Gasteiger partial charge in [-0.25, -0.2) is 0 Å². The van der Waals surface area contributed by atoms with Gasteiger partial charge in [0.2, 0.25) is 5.89 Å². The number of fused-ring (bicyclic) bond motifs is 3. The number of hydrogen-bond donors (Lipinski definition) is 0. The molecule has 0 atom stereocenters. The molecule has 0 radical (unpaired) electrons. The summed E-state index contributed by atoms with van der Waals surface area (Å²) in [6.45, 7) is 5.26. The molecular formula is C14H22N2O2S. The van der Waals surface area contributed by atoms with E-state index < -0.39 is 0 Å². The van der Waals surface area contributed by atoms with Crippen LogP contribution in [0.3, 0.4) is 0 Å². The Morgan fingerprint density at radius 3 is 2.63 bits per heavy atom. The first-order valence-corrected chi connectivity index (χ1v) is 8.21. The van der Waals surface area contributed by atoms with Crippen LogP contribution >= 0.6 is 11.8 Å². The van der Waals surface area contributed by atoms with E-state index in [2.05, 4.69) is 24.0 Å². The number of ether oxygens (including phenoxy) is 1. The lowest BCUT2D eigenvalue weighted by Crippen LogP contribution is -2.50. The Labute approximate surface area is 118 Å². The molecule has 2 bridgehead atoms. The second-order valence-electron chi connectivity index (χ2n) is 6.24. The summed E-state index contributed by atoms with van der Waals surface area (Å²) in [5.74, 6) is 1.80. The fourth-order valence-corrected chi connectivity index (χ4v) is 3.99. The van der Waals surface area contributed by atoms with E-state index in [1.54, 1.807) is 11.8 Å². The summed E-state index contributed by atoms with van der Waals surface area (Å²) in [7, 11) is 0. The van der Waals surface area contributed by atoms with Crippen molar-refractivity contribution in [3.05, 3.63) is 5.89 Å². The zero-order chi connectivity index (χ0) is 13.3. The minimum absolute atomic E-state index is 0.158. The smallest absolute Gasteiger partial charge is 0.276 e. The van der Waals surface area contributed by atoms with Crippen molar-refractivity contribution in [2.45, 2.75) is 63.2 Å². The van der Waals surface area contributed by atoms with E-state index in [1.807, 2.05) is 0 Å². The summed E-state index contributed by atoms with van der Waals surface area (Å²) in [6.07, 6.45) is 6.85. The summed E-state index contributed by atoms with van der Waals surface area (Å²) in [4.78, 5) is 0. The maximum absolute atomic E-state index is 6.02. The van der Waals surface area contributed by atoms with Gasteiger partial charge in [-0.05, 0) is 39.0 Å². The fourth-order valence-electron chi connectivity index (χ4n) is 2.94. The van der Waals surface area contributed by atoms with Crippen LogP contribution < -0.4 is 0 Å². The van der Waals surface area contributed by atoms with E-state index in [1.165, 1.54) is 25.7 Å². The van der Waals surface area contributed by atoms with Crippen molar-refractivity contribution in [1.29, 1.82) is 0 Å². The van der Waals surface area contributed by atoms with Crippen LogP contribution in [0.25, 0.3) is 0 Å². The molecule has 2 aliphatic heterocycles. The van der Waals surface area contributed by atoms with Crippen molar-refractivity contribution < 1.29 is 9.15 Å². The van der Waals surface area contributed by atoms with Crippen molar-refractivity contribution in [2.75, 3.05) is 12.4 Å². The van der Waals surface area contributed by atoms with Crippen molar-refractivity contribution in [2.24, 2.45) is 5.41 Å². The topological polar surface area (TPSA) is 48.2 Å². The molecule has 0 spiro atoms. The van der Waals surface area contributed by atoms with Gasteiger partial charge in [-0.15, -0.1) is 10.2 Å². The third kappa shape index (κ3) is 2.82. The zero-order valence-electron chi connectivity index (χ0n) is 11.8. The number of nitrogens with zero attached hydrogens (tertiary/aromatic N) is 2. The van der Waals surface area contributed by atoms with Gasteiger partial charge in [-0.2, -0.15) is 0 Å². The molecule has 1 aromatic rings. The Bertz CT molecular complexity index is 422. The molecule has 4 nitrogen and oxygen atoms in total. The molecule has 1 aliphatic carbocycles. The highest BCUT2D eigenvalue weighted by Gasteiger charge is 2.47. The third-order valence-corrected chi connectivity index (χ3v) is 5.68. The quantitative estimate of drug-likeness (QED) is 0.774. The minimum Gasteiger partial charge on any atom is -0.416 e. The van der Waals surface area contributed by atoms with Crippen LogP contribution in [0.15, 0.2) is 9.64 Å². The van der Waals surface area contributed by atoms with Gasteiger partial charge in [-0.3, -0.25) is 0 Å². The van der Waals surface area contributed by atoms with Gasteiger partial charge in [0.05, 0.1) is 12.2 Å². The summed E-state index contributed by atoms with van der Waals surface area (Å²) in [5.41, 5.74) is 0.493. The van der Waals surface area contributed by atoms with Crippen molar-refractivity contribution >= 4 is 11.8 Å². The molecule has 0 N–H and O–H groups in total. The highest BCUT2D eigenvalue weighted by atomic mass is 32.2. The van der Waals surface area contributed by atoms with Crippen LogP contribution in [-0.2, 0) is 11.2 Å². The van der Waals surface area contributed by atoms with E-state index in [0.717, 1.165) is 36.3 Å². The largest absolute Gasteiger partial charge is 0.416 e. The van der Waals surface area contributed by atoms with Gasteiger partial charge in [0.25, 0.3) is 5.22 Å². The van der Waals surface area contributed by atoms with Crippen molar-refractivity contribution in [3.8, 4) is 0 Å². The molecule has 1 aromatic heterocycles. The predicted octanol–water partition coefficient (Wildman–Crippen LogP) is 3.46. The Kier molecular flexibility index (Phi) is 3.60. The summed E-state index contributed by atoms with van der Waals surface area (Å²) in [6, 6.07) is 0. The number of rotatable bonds is 5. The van der Waals surface area contributed by atoms with E-state index in [0.29, 0.717) is 5.41 Å². The predicted molar refractivity (Wildman–Crippen MR) is 74.3 cm³/mol. The number of thioether (sulfide) groups is 1. The molecule has 5 heteroatoms. The Morgan fingerprint density at radius 1 is 1.21 bits per heavy atom. The normalized spacial score (nSPS) is 33.8. The lowest BCUT2D eigenvalue weighted by molar-refractivity contribution is -0.165. The molecule has 0 amide bonds. The zero-order valence-corrected chi connectivity index (χ0v) is 12.6. The molecule has 3 fully saturated rings. The fraction of sp³-hybridized carbons (Fsp3) is 0.857. The number of aryl methyl sites for hydroxylation is 1. The van der Waals surface area contributed by atoms with Crippen LogP contribution in [-0.4, -0.2) is 28.2 Å². The molecule has 4 rings (SSSR count). The molecule has 3 heterocycles. The maximum atomic E-state index is 6.02. The number of aromatic nitrogens is 2. The highest BCUT2D eigenvalue weighted by molar-refractivity contribution is 7.99. The van der Waals surface area contributed by atoms with Crippen LogP contribution in [0, 0.1) is 5.41 Å². The second kappa shape index (κ2) is 5.09. The molecular weight excluding hydrogens is 260 g/mol. The van der Waals surface area contributed by atoms with E-state index in [9.17, 15) is 0 Å². The van der Waals surface area contributed by atoms with E-state index in [4.69, 9.17) is 9.15 Å². The van der Waals surface area contributed by atoms with Gasteiger partial charge in [0, 0.05) is 17.6 Å². The van der Waals surface area contributed by atoms with Crippen molar-refractivity contribution in [3.63, 3.8) is 0 Å². The van der Waals surface area contributed by atoms with Crippen LogP contribution in [0.2, 0.25) is 0 Å². The maximum Gasteiger partial charge on any atom is 0.276 e. The SMILES string of the molecule is CCCc1nnc(SCC23CCC(C)(CC2)OC3)o1. The van der Waals surface area contributed by atoms with Gasteiger partial charge in [-0.1, -0.05) is 18.7 Å². The average Bonchev–Trinajstić information content (AvgIpc) is 2.87. The van der Waals surface area contributed by atoms with Crippen molar-refractivity contribution in [1.82, 2.24) is 10.2 Å². The minimum atomic E-state index is 0.158. The first kappa shape index (κ1) is 13.4. The van der Waals surface area contributed by atoms with Crippen LogP contribution in [0.5, 0.6) is 0 Å². The first-order valence-electron chi connectivity index (χ1n) is 7.22. The molecule has 19 heavy (non-hydrogen) atoms. The monoisotopic (exact) mass is 282 g/mol. The number of hydrogen-bond acceptors (Lipinski definition) is 5. The Morgan fingerprint density at radius 2 is 2.00 bits per heavy atom. The molecule has 2 saturated heterocycles. The Balaban J connectivity index is 1.57. The van der Waals surface area contributed by atoms with Gasteiger partial charge in [0.15, 0.2) is 0 Å². The standard InChI is InChI=1S/C14H22N2O2S/c1-3-4-11-15-16-12(18-11)19-10-14-7-5-13(2,6-8-14)17-9-14/h3-10H2,1-2H3. The highest BCUT2D eigenvalue weighted by Crippen LogP contribution is 2.50. The van der Waals surface area contributed by atoms with E-state index >= 15 is 0 Å². The second-order valence-corrected chi connectivity index (χ2v) is 7.17. The molecule has 1 saturated carbocycles. The molecule has 0 aromatic carbocycles. The Hall–Kier alpha value is -0.550. The van der Waals surface area contributed by atoms with Crippen LogP contribution in [0.4, 0.5) is 0 Å². The molecule has 0 unspecified atom stereocenters. The lowest BCUT2D eigenvalue weighted by Gasteiger charge is -2.51. The summed E-state index contributed by atoms with van der Waals surface area (Å²) < 4.78 is 11.7. The summed E-state index contributed by atoms with van der Waals surface area (Å²) in [5, 5.41) is 8.91. The first-order chi connectivity index (χ1) is 9.13. The molecule has 3 aliphatic rings. The van der Waals surface area contributed by atoms with E-state index in [-0.39, 0.29) is 5.60 Å². The van der Waals surface area contributed by atoms with Gasteiger partial charge >= 0.3 is 0 Å².